The molecule has 1 aliphatic heterocycles. The molecule has 0 amide bonds. The maximum atomic E-state index is 11.7. The Kier molecular flexibility index (Phi) is 6.30. The van der Waals surface area contributed by atoms with Crippen LogP contribution >= 0.6 is 0 Å². The van der Waals surface area contributed by atoms with Crippen molar-refractivity contribution in [1.29, 1.82) is 0 Å². The number of carbonyl (C=O) groups excluding carboxylic acids is 1. The maximum absolute atomic E-state index is 11.7. The monoisotopic (exact) mass is 283 g/mol. The van der Waals surface area contributed by atoms with Crippen LogP contribution in [0.1, 0.15) is 58.8 Å². The van der Waals surface area contributed by atoms with Crippen molar-refractivity contribution in [3.63, 3.8) is 0 Å². The zero-order valence-electron chi connectivity index (χ0n) is 12.9. The Balaban J connectivity index is 1.70. The second kappa shape index (κ2) is 7.99. The molecular weight excluding hydrogens is 254 g/mol. The smallest absolute Gasteiger partial charge is 0.308 e. The standard InChI is InChI=1S/C16H29NO3/c1-3-15-11-14(9-10-20-15)17-13-7-5-12(6-8-13)16(18)19-4-2/h12-15,17H,3-11H2,1-2H3. The molecule has 2 aliphatic rings. The first-order chi connectivity index (χ1) is 9.72. The van der Waals surface area contributed by atoms with Gasteiger partial charge in [0.1, 0.15) is 0 Å². The molecule has 2 rings (SSSR count). The van der Waals surface area contributed by atoms with Crippen molar-refractivity contribution in [2.75, 3.05) is 13.2 Å². The van der Waals surface area contributed by atoms with Crippen molar-refractivity contribution in [2.24, 2.45) is 5.92 Å². The van der Waals surface area contributed by atoms with Gasteiger partial charge in [-0.15, -0.1) is 0 Å². The Labute approximate surface area is 122 Å². The summed E-state index contributed by atoms with van der Waals surface area (Å²) >= 11 is 0. The third-order valence-corrected chi connectivity index (χ3v) is 4.64. The molecule has 1 heterocycles. The molecule has 4 nitrogen and oxygen atoms in total. The molecule has 1 N–H and O–H groups in total. The lowest BCUT2D eigenvalue weighted by Crippen LogP contribution is -2.45. The van der Waals surface area contributed by atoms with Crippen molar-refractivity contribution >= 4 is 5.97 Å². The van der Waals surface area contributed by atoms with Gasteiger partial charge in [-0.1, -0.05) is 6.92 Å². The molecule has 0 radical (unpaired) electrons. The Morgan fingerprint density at radius 2 is 1.90 bits per heavy atom. The zero-order valence-corrected chi connectivity index (χ0v) is 12.9. The van der Waals surface area contributed by atoms with Crippen LogP contribution in [-0.4, -0.2) is 37.4 Å². The molecule has 2 fully saturated rings. The van der Waals surface area contributed by atoms with Crippen LogP contribution in [0.4, 0.5) is 0 Å². The number of carbonyl (C=O) groups is 1. The predicted octanol–water partition coefficient (Wildman–Crippen LogP) is 2.66. The van der Waals surface area contributed by atoms with Gasteiger partial charge in [-0.2, -0.15) is 0 Å². The number of nitrogens with one attached hydrogen (secondary N) is 1. The molecule has 0 aromatic carbocycles. The molecule has 0 aromatic heterocycles. The van der Waals surface area contributed by atoms with Crippen LogP contribution in [0, 0.1) is 5.92 Å². The zero-order chi connectivity index (χ0) is 14.4. The van der Waals surface area contributed by atoms with E-state index in [-0.39, 0.29) is 11.9 Å². The molecule has 2 unspecified atom stereocenters. The van der Waals surface area contributed by atoms with Crippen LogP contribution in [0.2, 0.25) is 0 Å². The lowest BCUT2D eigenvalue weighted by atomic mass is 9.85. The number of esters is 1. The van der Waals surface area contributed by atoms with Crippen LogP contribution in [0.5, 0.6) is 0 Å². The van der Waals surface area contributed by atoms with E-state index in [0.29, 0.717) is 24.8 Å². The lowest BCUT2D eigenvalue weighted by Gasteiger charge is -2.35. The number of hydrogen-bond acceptors (Lipinski definition) is 4. The fourth-order valence-corrected chi connectivity index (χ4v) is 3.41. The number of rotatable bonds is 5. The third kappa shape index (κ3) is 4.45. The Hall–Kier alpha value is -0.610. The molecular formula is C16H29NO3. The summed E-state index contributed by atoms with van der Waals surface area (Å²) in [4.78, 5) is 11.7. The van der Waals surface area contributed by atoms with Gasteiger partial charge in [-0.05, 0) is 51.9 Å². The largest absolute Gasteiger partial charge is 0.466 e. The highest BCUT2D eigenvalue weighted by Crippen LogP contribution is 2.27. The molecule has 1 saturated carbocycles. The fraction of sp³-hybridized carbons (Fsp3) is 0.938. The van der Waals surface area contributed by atoms with Crippen LogP contribution in [0.15, 0.2) is 0 Å². The van der Waals surface area contributed by atoms with Gasteiger partial charge in [0.15, 0.2) is 0 Å². The van der Waals surface area contributed by atoms with Gasteiger partial charge in [-0.25, -0.2) is 0 Å². The minimum Gasteiger partial charge on any atom is -0.466 e. The molecule has 4 heteroatoms. The van der Waals surface area contributed by atoms with Gasteiger partial charge in [0.25, 0.3) is 0 Å². The van der Waals surface area contributed by atoms with Gasteiger partial charge in [0, 0.05) is 18.7 Å². The minimum absolute atomic E-state index is 0.00284. The van der Waals surface area contributed by atoms with E-state index in [4.69, 9.17) is 9.47 Å². The molecule has 2 atom stereocenters. The van der Waals surface area contributed by atoms with E-state index in [1.165, 1.54) is 0 Å². The molecule has 1 aliphatic carbocycles. The highest BCUT2D eigenvalue weighted by Gasteiger charge is 2.29. The molecule has 1 saturated heterocycles. The summed E-state index contributed by atoms with van der Waals surface area (Å²) in [6, 6.07) is 1.17. The second-order valence-electron chi connectivity index (χ2n) is 6.09. The van der Waals surface area contributed by atoms with Gasteiger partial charge in [0.2, 0.25) is 0 Å². The summed E-state index contributed by atoms with van der Waals surface area (Å²) in [5.74, 6) is 0.133. The third-order valence-electron chi connectivity index (χ3n) is 4.64. The van der Waals surface area contributed by atoms with E-state index in [1.54, 1.807) is 0 Å². The number of hydrogen-bond donors (Lipinski definition) is 1. The first kappa shape index (κ1) is 15.8. The first-order valence-corrected chi connectivity index (χ1v) is 8.27. The van der Waals surface area contributed by atoms with Crippen LogP contribution in [-0.2, 0) is 14.3 Å². The van der Waals surface area contributed by atoms with Crippen LogP contribution in [0.3, 0.4) is 0 Å². The normalized spacial score (nSPS) is 34.7. The summed E-state index contributed by atoms with van der Waals surface area (Å²) in [7, 11) is 0. The van der Waals surface area contributed by atoms with Crippen molar-refractivity contribution in [3.05, 3.63) is 0 Å². The second-order valence-corrected chi connectivity index (χ2v) is 6.09. The number of ether oxygens (including phenoxy) is 2. The first-order valence-electron chi connectivity index (χ1n) is 8.27. The average Bonchev–Trinajstić information content (AvgIpc) is 2.48. The van der Waals surface area contributed by atoms with E-state index in [9.17, 15) is 4.79 Å². The van der Waals surface area contributed by atoms with Gasteiger partial charge < -0.3 is 14.8 Å². The Bertz CT molecular complexity index is 300. The topological polar surface area (TPSA) is 47.6 Å². The molecule has 0 spiro atoms. The van der Waals surface area contributed by atoms with Crippen LogP contribution < -0.4 is 5.32 Å². The molecule has 20 heavy (non-hydrogen) atoms. The van der Waals surface area contributed by atoms with Crippen molar-refractivity contribution < 1.29 is 14.3 Å². The van der Waals surface area contributed by atoms with Gasteiger partial charge in [-0.3, -0.25) is 4.79 Å². The SMILES string of the molecule is CCOC(=O)C1CCC(NC2CCOC(CC)C2)CC1. The summed E-state index contributed by atoms with van der Waals surface area (Å²) in [5, 5.41) is 3.78. The van der Waals surface area contributed by atoms with E-state index < -0.39 is 0 Å². The quantitative estimate of drug-likeness (QED) is 0.788. The fourth-order valence-electron chi connectivity index (χ4n) is 3.41. The minimum atomic E-state index is 0.00284. The highest BCUT2D eigenvalue weighted by atomic mass is 16.5. The molecule has 116 valence electrons. The summed E-state index contributed by atoms with van der Waals surface area (Å²) in [6.07, 6.45) is 7.91. The van der Waals surface area contributed by atoms with Crippen molar-refractivity contribution in [1.82, 2.24) is 5.32 Å². The average molecular weight is 283 g/mol. The van der Waals surface area contributed by atoms with Gasteiger partial charge >= 0.3 is 5.97 Å². The summed E-state index contributed by atoms with van der Waals surface area (Å²) in [5.41, 5.74) is 0. The van der Waals surface area contributed by atoms with Crippen molar-refractivity contribution in [3.8, 4) is 0 Å². The Morgan fingerprint density at radius 1 is 1.15 bits per heavy atom. The van der Waals surface area contributed by atoms with Gasteiger partial charge in [0.05, 0.1) is 18.6 Å². The summed E-state index contributed by atoms with van der Waals surface area (Å²) < 4.78 is 10.8. The summed E-state index contributed by atoms with van der Waals surface area (Å²) in [6.45, 7) is 5.45. The highest BCUT2D eigenvalue weighted by molar-refractivity contribution is 5.72. The van der Waals surface area contributed by atoms with E-state index >= 15 is 0 Å². The predicted molar refractivity (Wildman–Crippen MR) is 78.6 cm³/mol. The maximum Gasteiger partial charge on any atom is 0.308 e. The van der Waals surface area contributed by atoms with Crippen molar-refractivity contribution in [2.45, 2.75) is 77.0 Å². The molecule has 0 bridgehead atoms. The molecule has 0 aromatic rings. The van der Waals surface area contributed by atoms with Crippen LogP contribution in [0.25, 0.3) is 0 Å². The Morgan fingerprint density at radius 3 is 2.55 bits per heavy atom. The lowest BCUT2D eigenvalue weighted by molar-refractivity contribution is -0.149. The van der Waals surface area contributed by atoms with E-state index in [2.05, 4.69) is 12.2 Å². The van der Waals surface area contributed by atoms with E-state index in [0.717, 1.165) is 51.6 Å². The van der Waals surface area contributed by atoms with E-state index in [1.807, 2.05) is 6.92 Å².